The highest BCUT2D eigenvalue weighted by molar-refractivity contribution is 5.74. The molecule has 2 rings (SSSR count). The molecular formula is C13H11NO2. The second-order valence-electron chi connectivity index (χ2n) is 3.47. The van der Waals surface area contributed by atoms with Gasteiger partial charge in [-0.25, -0.2) is 0 Å². The summed E-state index contributed by atoms with van der Waals surface area (Å²) in [5, 5.41) is 10.0. The molecular weight excluding hydrogens is 202 g/mol. The molecule has 0 aliphatic rings. The zero-order chi connectivity index (χ0) is 11.4. The van der Waals surface area contributed by atoms with Crippen LogP contribution in [0.4, 0.5) is 0 Å². The number of nitrogens with zero attached hydrogens (tertiary/aromatic N) is 1. The molecule has 3 heteroatoms. The molecule has 0 saturated heterocycles. The van der Waals surface area contributed by atoms with E-state index in [4.69, 9.17) is 0 Å². The van der Waals surface area contributed by atoms with Crippen molar-refractivity contribution in [3.8, 4) is 0 Å². The molecule has 1 atom stereocenters. The van der Waals surface area contributed by atoms with Gasteiger partial charge in [0.15, 0.2) is 0 Å². The standard InChI is InChI=1S/C13H11NO2/c15-9-10-3-5-11(6-4-10)13(16)12-2-1-7-14-8-12/h1-9,13,16H. The van der Waals surface area contributed by atoms with Gasteiger partial charge in [0, 0.05) is 23.5 Å². The molecule has 1 unspecified atom stereocenters. The van der Waals surface area contributed by atoms with E-state index in [0.29, 0.717) is 5.56 Å². The third-order valence-corrected chi connectivity index (χ3v) is 2.39. The average molecular weight is 213 g/mol. The van der Waals surface area contributed by atoms with E-state index in [-0.39, 0.29) is 0 Å². The van der Waals surface area contributed by atoms with Crippen LogP contribution in [0.15, 0.2) is 48.8 Å². The topological polar surface area (TPSA) is 50.2 Å². The van der Waals surface area contributed by atoms with Gasteiger partial charge in [-0.3, -0.25) is 9.78 Å². The van der Waals surface area contributed by atoms with Crippen molar-refractivity contribution in [3.05, 3.63) is 65.5 Å². The van der Waals surface area contributed by atoms with Crippen LogP contribution < -0.4 is 0 Å². The summed E-state index contributed by atoms with van der Waals surface area (Å²) in [6.07, 6.45) is 3.36. The van der Waals surface area contributed by atoms with Crippen LogP contribution in [0.3, 0.4) is 0 Å². The van der Waals surface area contributed by atoms with Gasteiger partial charge in [0.25, 0.3) is 0 Å². The van der Waals surface area contributed by atoms with E-state index in [1.54, 1.807) is 42.7 Å². The van der Waals surface area contributed by atoms with Crippen molar-refractivity contribution < 1.29 is 9.90 Å². The lowest BCUT2D eigenvalue weighted by molar-refractivity contribution is 0.112. The maximum absolute atomic E-state index is 10.5. The van der Waals surface area contributed by atoms with Crippen LogP contribution in [0.2, 0.25) is 0 Å². The first-order valence-corrected chi connectivity index (χ1v) is 4.94. The van der Waals surface area contributed by atoms with Crippen LogP contribution in [-0.4, -0.2) is 16.4 Å². The molecule has 1 heterocycles. The Kier molecular flexibility index (Phi) is 3.08. The Morgan fingerprint density at radius 1 is 1.12 bits per heavy atom. The second kappa shape index (κ2) is 4.68. The Balaban J connectivity index is 2.27. The third kappa shape index (κ3) is 2.15. The van der Waals surface area contributed by atoms with Crippen LogP contribution in [0.1, 0.15) is 27.6 Å². The highest BCUT2D eigenvalue weighted by Crippen LogP contribution is 2.20. The molecule has 0 bridgehead atoms. The number of hydrogen-bond donors (Lipinski definition) is 1. The molecule has 1 aromatic heterocycles. The fraction of sp³-hybridized carbons (Fsp3) is 0.0769. The quantitative estimate of drug-likeness (QED) is 0.793. The van der Waals surface area contributed by atoms with Gasteiger partial charge in [0.05, 0.1) is 0 Å². The second-order valence-corrected chi connectivity index (χ2v) is 3.47. The van der Waals surface area contributed by atoms with Crippen molar-refractivity contribution >= 4 is 6.29 Å². The minimum Gasteiger partial charge on any atom is -0.384 e. The highest BCUT2D eigenvalue weighted by atomic mass is 16.3. The van der Waals surface area contributed by atoms with Gasteiger partial charge in [0.1, 0.15) is 12.4 Å². The highest BCUT2D eigenvalue weighted by Gasteiger charge is 2.09. The number of pyridine rings is 1. The molecule has 0 aliphatic heterocycles. The van der Waals surface area contributed by atoms with E-state index in [9.17, 15) is 9.90 Å². The summed E-state index contributed by atoms with van der Waals surface area (Å²) < 4.78 is 0. The lowest BCUT2D eigenvalue weighted by atomic mass is 10.0. The van der Waals surface area contributed by atoms with Gasteiger partial charge in [-0.2, -0.15) is 0 Å². The number of hydrogen-bond acceptors (Lipinski definition) is 3. The van der Waals surface area contributed by atoms with Gasteiger partial charge in [-0.1, -0.05) is 30.3 Å². The zero-order valence-electron chi connectivity index (χ0n) is 8.58. The molecule has 1 N–H and O–H groups in total. The number of aliphatic hydroxyl groups excluding tert-OH is 1. The van der Waals surface area contributed by atoms with Crippen LogP contribution in [0.25, 0.3) is 0 Å². The van der Waals surface area contributed by atoms with Crippen molar-refractivity contribution in [2.75, 3.05) is 0 Å². The SMILES string of the molecule is O=Cc1ccc(C(O)c2cccnc2)cc1. The van der Waals surface area contributed by atoms with Crippen LogP contribution in [0.5, 0.6) is 0 Å². The number of carbonyl (C=O) groups excluding carboxylic acids is 1. The van der Waals surface area contributed by atoms with Crippen LogP contribution >= 0.6 is 0 Å². The summed E-state index contributed by atoms with van der Waals surface area (Å²) in [6.45, 7) is 0. The van der Waals surface area contributed by atoms with Gasteiger partial charge in [-0.05, 0) is 11.6 Å². The van der Waals surface area contributed by atoms with Crippen molar-refractivity contribution in [1.29, 1.82) is 0 Å². The molecule has 3 nitrogen and oxygen atoms in total. The summed E-state index contributed by atoms with van der Waals surface area (Å²) in [5.41, 5.74) is 2.09. The number of aliphatic hydroxyl groups is 1. The Morgan fingerprint density at radius 2 is 1.88 bits per heavy atom. The van der Waals surface area contributed by atoms with E-state index in [1.807, 2.05) is 6.07 Å². The molecule has 80 valence electrons. The molecule has 1 aromatic carbocycles. The molecule has 0 radical (unpaired) electrons. The monoisotopic (exact) mass is 213 g/mol. The Bertz CT molecular complexity index is 465. The number of carbonyl (C=O) groups is 1. The smallest absolute Gasteiger partial charge is 0.150 e. The Hall–Kier alpha value is -2.00. The van der Waals surface area contributed by atoms with Crippen LogP contribution in [-0.2, 0) is 0 Å². The first-order valence-electron chi connectivity index (χ1n) is 4.94. The minimum atomic E-state index is -0.700. The fourth-order valence-corrected chi connectivity index (χ4v) is 1.49. The summed E-state index contributed by atoms with van der Waals surface area (Å²) >= 11 is 0. The Morgan fingerprint density at radius 3 is 2.44 bits per heavy atom. The molecule has 0 saturated carbocycles. The summed E-state index contributed by atoms with van der Waals surface area (Å²) in [7, 11) is 0. The molecule has 0 aliphatic carbocycles. The van der Waals surface area contributed by atoms with E-state index < -0.39 is 6.10 Å². The van der Waals surface area contributed by atoms with E-state index >= 15 is 0 Å². The largest absolute Gasteiger partial charge is 0.384 e. The molecule has 0 amide bonds. The van der Waals surface area contributed by atoms with Crippen molar-refractivity contribution in [1.82, 2.24) is 4.98 Å². The number of rotatable bonds is 3. The van der Waals surface area contributed by atoms with Crippen molar-refractivity contribution in [3.63, 3.8) is 0 Å². The minimum absolute atomic E-state index is 0.599. The Labute approximate surface area is 93.4 Å². The van der Waals surface area contributed by atoms with Crippen molar-refractivity contribution in [2.45, 2.75) is 6.10 Å². The first-order chi connectivity index (χ1) is 7.81. The normalized spacial score (nSPS) is 12.1. The predicted octanol–water partition coefficient (Wildman–Crippen LogP) is 1.98. The van der Waals surface area contributed by atoms with Crippen LogP contribution in [0, 0.1) is 0 Å². The summed E-state index contributed by atoms with van der Waals surface area (Å²) in [4.78, 5) is 14.4. The summed E-state index contributed by atoms with van der Waals surface area (Å²) in [6, 6.07) is 10.4. The maximum Gasteiger partial charge on any atom is 0.150 e. The molecule has 0 spiro atoms. The lowest BCUT2D eigenvalue weighted by Gasteiger charge is -2.10. The van der Waals surface area contributed by atoms with E-state index in [1.165, 1.54) is 0 Å². The maximum atomic E-state index is 10.5. The predicted molar refractivity (Wildman–Crippen MR) is 60.1 cm³/mol. The van der Waals surface area contributed by atoms with Crippen molar-refractivity contribution in [2.24, 2.45) is 0 Å². The van der Waals surface area contributed by atoms with Gasteiger partial charge >= 0.3 is 0 Å². The zero-order valence-corrected chi connectivity index (χ0v) is 8.58. The average Bonchev–Trinajstić information content (AvgIpc) is 2.39. The first kappa shape index (κ1) is 10.5. The lowest BCUT2D eigenvalue weighted by Crippen LogP contribution is -1.99. The van der Waals surface area contributed by atoms with Gasteiger partial charge in [-0.15, -0.1) is 0 Å². The van der Waals surface area contributed by atoms with Gasteiger partial charge in [0.2, 0.25) is 0 Å². The molecule has 2 aromatic rings. The number of aldehydes is 1. The number of aromatic nitrogens is 1. The van der Waals surface area contributed by atoms with E-state index in [0.717, 1.165) is 17.4 Å². The number of benzene rings is 1. The molecule has 16 heavy (non-hydrogen) atoms. The molecule has 0 fully saturated rings. The van der Waals surface area contributed by atoms with Gasteiger partial charge < -0.3 is 5.11 Å². The third-order valence-electron chi connectivity index (χ3n) is 2.39. The van der Waals surface area contributed by atoms with E-state index in [2.05, 4.69) is 4.98 Å². The summed E-state index contributed by atoms with van der Waals surface area (Å²) in [5.74, 6) is 0. The fourth-order valence-electron chi connectivity index (χ4n) is 1.49.